The molecule has 1 atom stereocenters. The van der Waals surface area contributed by atoms with Crippen LogP contribution in [0.5, 0.6) is 0 Å². The topological polar surface area (TPSA) is 45.2 Å². The highest BCUT2D eigenvalue weighted by atomic mass is 35.5. The van der Waals surface area contributed by atoms with Crippen LogP contribution in [-0.2, 0) is 0 Å². The molecule has 1 aliphatic heterocycles. The zero-order valence-corrected chi connectivity index (χ0v) is 13.6. The molecule has 21 heavy (non-hydrogen) atoms. The molecule has 1 aromatic heterocycles. The predicted octanol–water partition coefficient (Wildman–Crippen LogP) is 3.96. The van der Waals surface area contributed by atoms with Crippen molar-refractivity contribution in [1.29, 1.82) is 0 Å². The van der Waals surface area contributed by atoms with Crippen LogP contribution in [0.15, 0.2) is 12.1 Å². The smallest absolute Gasteiger partial charge is 0.254 e. The van der Waals surface area contributed by atoms with Gasteiger partial charge in [-0.3, -0.25) is 4.79 Å². The molecule has 0 aromatic carbocycles. The van der Waals surface area contributed by atoms with Gasteiger partial charge in [-0.05, 0) is 38.3 Å². The molecule has 1 saturated heterocycles. The second kappa shape index (κ2) is 7.64. The van der Waals surface area contributed by atoms with Gasteiger partial charge in [0.05, 0.1) is 0 Å². The van der Waals surface area contributed by atoms with Crippen LogP contribution in [0.1, 0.15) is 56.3 Å². The Balaban J connectivity index is 2.24. The van der Waals surface area contributed by atoms with Crippen LogP contribution >= 0.6 is 11.6 Å². The number of anilines is 1. The maximum Gasteiger partial charge on any atom is 0.254 e. The molecule has 1 unspecified atom stereocenters. The molecule has 2 heterocycles. The van der Waals surface area contributed by atoms with Gasteiger partial charge in [0, 0.05) is 24.7 Å². The van der Waals surface area contributed by atoms with E-state index in [1.54, 1.807) is 12.1 Å². The lowest BCUT2D eigenvalue weighted by Crippen LogP contribution is -2.39. The number of carbonyl (C=O) groups excluding carboxylic acids is 1. The highest BCUT2D eigenvalue weighted by Gasteiger charge is 2.25. The lowest BCUT2D eigenvalue weighted by Gasteiger charge is -2.29. The Kier molecular flexibility index (Phi) is 5.85. The van der Waals surface area contributed by atoms with E-state index in [9.17, 15) is 4.79 Å². The van der Waals surface area contributed by atoms with Crippen LogP contribution in [0.25, 0.3) is 0 Å². The minimum Gasteiger partial charge on any atom is -0.370 e. The number of likely N-dealkylation sites (tertiary alicyclic amines) is 1. The Morgan fingerprint density at radius 2 is 2.19 bits per heavy atom. The number of hydrogen-bond donors (Lipinski definition) is 1. The quantitative estimate of drug-likeness (QED) is 0.856. The molecule has 4 nitrogen and oxygen atoms in total. The molecule has 0 spiro atoms. The molecule has 1 aliphatic rings. The molecule has 1 fully saturated rings. The van der Waals surface area contributed by atoms with Gasteiger partial charge in [0.15, 0.2) is 0 Å². The van der Waals surface area contributed by atoms with Crippen molar-refractivity contribution in [2.45, 2.75) is 52.0 Å². The van der Waals surface area contributed by atoms with E-state index in [1.807, 2.05) is 11.8 Å². The molecular formula is C16H24ClN3O. The van der Waals surface area contributed by atoms with Crippen molar-refractivity contribution in [1.82, 2.24) is 9.88 Å². The summed E-state index contributed by atoms with van der Waals surface area (Å²) in [5.74, 6) is 0.739. The Bertz CT molecular complexity index is 492. The molecule has 0 bridgehead atoms. The van der Waals surface area contributed by atoms with E-state index in [0.29, 0.717) is 22.6 Å². The average molecular weight is 310 g/mol. The van der Waals surface area contributed by atoms with E-state index in [0.717, 1.165) is 32.4 Å². The first-order valence-electron chi connectivity index (χ1n) is 7.88. The highest BCUT2D eigenvalue weighted by molar-refractivity contribution is 6.29. The third kappa shape index (κ3) is 4.10. The minimum atomic E-state index is 0.0761. The molecule has 116 valence electrons. The minimum absolute atomic E-state index is 0.0761. The monoisotopic (exact) mass is 309 g/mol. The van der Waals surface area contributed by atoms with Crippen molar-refractivity contribution in [2.75, 3.05) is 18.4 Å². The summed E-state index contributed by atoms with van der Waals surface area (Å²) in [4.78, 5) is 19.1. The Hall–Kier alpha value is -1.29. The van der Waals surface area contributed by atoms with Crippen LogP contribution in [-0.4, -0.2) is 34.9 Å². The average Bonchev–Trinajstić information content (AvgIpc) is 2.71. The zero-order chi connectivity index (χ0) is 15.2. The zero-order valence-electron chi connectivity index (χ0n) is 12.9. The third-order valence-corrected chi connectivity index (χ3v) is 4.20. The van der Waals surface area contributed by atoms with Crippen molar-refractivity contribution in [3.05, 3.63) is 22.8 Å². The van der Waals surface area contributed by atoms with E-state index in [-0.39, 0.29) is 5.91 Å². The summed E-state index contributed by atoms with van der Waals surface area (Å²) in [7, 11) is 0. The third-order valence-electron chi connectivity index (χ3n) is 4.01. The van der Waals surface area contributed by atoms with E-state index < -0.39 is 0 Å². The molecular weight excluding hydrogens is 286 g/mol. The fraction of sp³-hybridized carbons (Fsp3) is 0.625. The number of rotatable bonds is 4. The van der Waals surface area contributed by atoms with Gasteiger partial charge in [0.2, 0.25) is 0 Å². The van der Waals surface area contributed by atoms with E-state index in [2.05, 4.69) is 17.2 Å². The summed E-state index contributed by atoms with van der Waals surface area (Å²) >= 11 is 6.05. The van der Waals surface area contributed by atoms with E-state index in [1.165, 1.54) is 12.8 Å². The Morgan fingerprint density at radius 3 is 2.90 bits per heavy atom. The second-order valence-corrected chi connectivity index (χ2v) is 5.89. The van der Waals surface area contributed by atoms with Gasteiger partial charge in [0.1, 0.15) is 11.0 Å². The number of halogens is 1. The summed E-state index contributed by atoms with van der Waals surface area (Å²) < 4.78 is 0. The van der Waals surface area contributed by atoms with Gasteiger partial charge in [-0.2, -0.15) is 0 Å². The number of amides is 1. The largest absolute Gasteiger partial charge is 0.370 e. The number of pyridine rings is 1. The lowest BCUT2D eigenvalue weighted by molar-refractivity contribution is 0.0678. The van der Waals surface area contributed by atoms with Crippen LogP contribution in [0.3, 0.4) is 0 Å². The summed E-state index contributed by atoms with van der Waals surface area (Å²) in [6.45, 7) is 5.74. The number of hydrogen-bond acceptors (Lipinski definition) is 3. The first-order chi connectivity index (χ1) is 10.2. The molecule has 0 radical (unpaired) electrons. The summed E-state index contributed by atoms with van der Waals surface area (Å²) in [6.07, 6.45) is 5.61. The summed E-state index contributed by atoms with van der Waals surface area (Å²) in [5, 5.41) is 3.48. The maximum absolute atomic E-state index is 12.8. The van der Waals surface area contributed by atoms with Gasteiger partial charge in [-0.25, -0.2) is 4.98 Å². The van der Waals surface area contributed by atoms with Crippen LogP contribution < -0.4 is 5.32 Å². The summed E-state index contributed by atoms with van der Waals surface area (Å²) in [6, 6.07) is 3.81. The van der Waals surface area contributed by atoms with Crippen molar-refractivity contribution < 1.29 is 4.79 Å². The van der Waals surface area contributed by atoms with Crippen molar-refractivity contribution in [3.63, 3.8) is 0 Å². The molecule has 1 aromatic rings. The summed E-state index contributed by atoms with van der Waals surface area (Å²) in [5.41, 5.74) is 0.631. The fourth-order valence-electron chi connectivity index (χ4n) is 2.93. The maximum atomic E-state index is 12.8. The normalized spacial score (nSPS) is 19.2. The van der Waals surface area contributed by atoms with Gasteiger partial charge < -0.3 is 10.2 Å². The van der Waals surface area contributed by atoms with Gasteiger partial charge in [-0.1, -0.05) is 31.4 Å². The SMILES string of the molecule is CCNc1cc(C(=O)N2CCCCCC2CC)cc(Cl)n1. The van der Waals surface area contributed by atoms with Crippen molar-refractivity contribution in [3.8, 4) is 0 Å². The van der Waals surface area contributed by atoms with Crippen molar-refractivity contribution >= 4 is 23.3 Å². The highest BCUT2D eigenvalue weighted by Crippen LogP contribution is 2.23. The predicted molar refractivity (Wildman–Crippen MR) is 87.0 cm³/mol. The number of aromatic nitrogens is 1. The molecule has 5 heteroatoms. The van der Waals surface area contributed by atoms with Gasteiger partial charge in [0.25, 0.3) is 5.91 Å². The number of nitrogens with zero attached hydrogens (tertiary/aromatic N) is 2. The fourth-order valence-corrected chi connectivity index (χ4v) is 3.14. The van der Waals surface area contributed by atoms with Gasteiger partial charge >= 0.3 is 0 Å². The van der Waals surface area contributed by atoms with Gasteiger partial charge in [-0.15, -0.1) is 0 Å². The first kappa shape index (κ1) is 16.1. The molecule has 1 N–H and O–H groups in total. The Morgan fingerprint density at radius 1 is 1.38 bits per heavy atom. The van der Waals surface area contributed by atoms with Crippen LogP contribution in [0.4, 0.5) is 5.82 Å². The molecule has 0 aliphatic carbocycles. The number of carbonyl (C=O) groups is 1. The van der Waals surface area contributed by atoms with E-state index >= 15 is 0 Å². The van der Waals surface area contributed by atoms with Crippen LogP contribution in [0, 0.1) is 0 Å². The van der Waals surface area contributed by atoms with Crippen LogP contribution in [0.2, 0.25) is 5.15 Å². The standard InChI is InChI=1S/C16H24ClN3O/c1-3-13-8-6-5-7-9-20(13)16(21)12-10-14(17)19-15(11-12)18-4-2/h10-11,13H,3-9H2,1-2H3,(H,18,19). The number of nitrogens with one attached hydrogen (secondary N) is 1. The molecule has 0 saturated carbocycles. The van der Waals surface area contributed by atoms with Crippen molar-refractivity contribution in [2.24, 2.45) is 0 Å². The Labute approximate surface area is 131 Å². The lowest BCUT2D eigenvalue weighted by atomic mass is 10.1. The first-order valence-corrected chi connectivity index (χ1v) is 8.26. The molecule has 1 amide bonds. The second-order valence-electron chi connectivity index (χ2n) is 5.50. The molecule has 2 rings (SSSR count). The van der Waals surface area contributed by atoms with E-state index in [4.69, 9.17) is 11.6 Å².